The van der Waals surface area contributed by atoms with Crippen molar-refractivity contribution in [2.75, 3.05) is 18.5 Å². The van der Waals surface area contributed by atoms with Crippen LogP contribution in [0.2, 0.25) is 0 Å². The van der Waals surface area contributed by atoms with E-state index in [0.29, 0.717) is 24.8 Å². The van der Waals surface area contributed by atoms with Gasteiger partial charge in [-0.2, -0.15) is 0 Å². The van der Waals surface area contributed by atoms with Gasteiger partial charge in [-0.1, -0.05) is 40.0 Å². The third-order valence-electron chi connectivity index (χ3n) is 3.89. The highest BCUT2D eigenvalue weighted by Crippen LogP contribution is 2.16. The van der Waals surface area contributed by atoms with Gasteiger partial charge in [-0.25, -0.2) is 0 Å². The summed E-state index contributed by atoms with van der Waals surface area (Å²) in [4.78, 5) is 23.8. The zero-order valence-electron chi connectivity index (χ0n) is 15.1. The van der Waals surface area contributed by atoms with Crippen molar-refractivity contribution in [1.82, 2.24) is 5.32 Å². The fourth-order valence-electron chi connectivity index (χ4n) is 2.30. The number of ether oxygens (including phenoxy) is 1. The predicted octanol–water partition coefficient (Wildman–Crippen LogP) is 3.75. The Morgan fingerprint density at radius 3 is 2.33 bits per heavy atom. The van der Waals surface area contributed by atoms with Crippen LogP contribution in [0, 0.1) is 5.92 Å². The summed E-state index contributed by atoms with van der Waals surface area (Å²) in [5.41, 5.74) is 0.581. The second-order valence-corrected chi connectivity index (χ2v) is 5.95. The van der Waals surface area contributed by atoms with Gasteiger partial charge in [0.2, 0.25) is 0 Å². The summed E-state index contributed by atoms with van der Waals surface area (Å²) in [6.45, 7) is 7.50. The van der Waals surface area contributed by atoms with Crippen LogP contribution in [0.4, 0.5) is 5.69 Å². The summed E-state index contributed by atoms with van der Waals surface area (Å²) in [6, 6.07) is 7.01. The lowest BCUT2D eigenvalue weighted by atomic mass is 9.99. The maximum absolute atomic E-state index is 11.9. The summed E-state index contributed by atoms with van der Waals surface area (Å²) >= 11 is 0. The quantitative estimate of drug-likeness (QED) is 0.640. The minimum absolute atomic E-state index is 0.427. The molecule has 1 aromatic rings. The van der Waals surface area contributed by atoms with Crippen molar-refractivity contribution >= 4 is 17.5 Å². The molecule has 5 nitrogen and oxygen atoms in total. The topological polar surface area (TPSA) is 67.4 Å². The lowest BCUT2D eigenvalue weighted by molar-refractivity contribution is -0.136. The second kappa shape index (κ2) is 11.5. The molecular weight excluding hydrogens is 304 g/mol. The maximum Gasteiger partial charge on any atom is 0.313 e. The van der Waals surface area contributed by atoms with E-state index in [-0.39, 0.29) is 0 Å². The molecule has 5 heteroatoms. The van der Waals surface area contributed by atoms with E-state index in [2.05, 4.69) is 24.5 Å². The van der Waals surface area contributed by atoms with Gasteiger partial charge in [0.05, 0.1) is 6.61 Å². The molecule has 0 bridgehead atoms. The lowest BCUT2D eigenvalue weighted by Crippen LogP contribution is -2.38. The number of benzene rings is 1. The molecule has 0 saturated heterocycles. The number of hydrogen-bond acceptors (Lipinski definition) is 3. The van der Waals surface area contributed by atoms with E-state index >= 15 is 0 Å². The van der Waals surface area contributed by atoms with Gasteiger partial charge in [0.1, 0.15) is 5.75 Å². The maximum atomic E-state index is 11.9. The molecule has 0 unspecified atom stereocenters. The molecule has 0 aliphatic heterocycles. The largest absolute Gasteiger partial charge is 0.494 e. The van der Waals surface area contributed by atoms with Crippen LogP contribution < -0.4 is 15.4 Å². The number of hydrogen-bond donors (Lipinski definition) is 2. The zero-order chi connectivity index (χ0) is 17.8. The summed E-state index contributed by atoms with van der Waals surface area (Å²) in [7, 11) is 0. The van der Waals surface area contributed by atoms with Crippen LogP contribution in [0.3, 0.4) is 0 Å². The highest BCUT2D eigenvalue weighted by atomic mass is 16.5. The van der Waals surface area contributed by atoms with Gasteiger partial charge >= 0.3 is 11.8 Å². The number of nitrogens with one attached hydrogen (secondary N) is 2. The molecular formula is C19H30N2O3. The van der Waals surface area contributed by atoms with Gasteiger partial charge in [-0.05, 0) is 43.0 Å². The monoisotopic (exact) mass is 334 g/mol. The van der Waals surface area contributed by atoms with E-state index in [0.717, 1.165) is 37.9 Å². The van der Waals surface area contributed by atoms with Crippen molar-refractivity contribution < 1.29 is 14.3 Å². The third kappa shape index (κ3) is 7.49. The van der Waals surface area contributed by atoms with Crippen LogP contribution in [-0.2, 0) is 9.59 Å². The van der Waals surface area contributed by atoms with Crippen LogP contribution in [-0.4, -0.2) is 25.0 Å². The molecule has 0 fully saturated rings. The van der Waals surface area contributed by atoms with Gasteiger partial charge in [-0.15, -0.1) is 0 Å². The molecule has 1 aromatic carbocycles. The Morgan fingerprint density at radius 2 is 1.75 bits per heavy atom. The number of carbonyl (C=O) groups is 2. The average Bonchev–Trinajstić information content (AvgIpc) is 2.61. The van der Waals surface area contributed by atoms with E-state index in [1.807, 2.05) is 6.92 Å². The Hall–Kier alpha value is -2.04. The molecule has 2 N–H and O–H groups in total. The van der Waals surface area contributed by atoms with E-state index in [4.69, 9.17) is 4.74 Å². The van der Waals surface area contributed by atoms with Crippen LogP contribution in [0.25, 0.3) is 0 Å². The van der Waals surface area contributed by atoms with Gasteiger partial charge < -0.3 is 15.4 Å². The molecule has 0 aliphatic carbocycles. The molecule has 0 heterocycles. The molecule has 0 aliphatic rings. The van der Waals surface area contributed by atoms with Gasteiger partial charge in [-0.3, -0.25) is 9.59 Å². The summed E-state index contributed by atoms with van der Waals surface area (Å²) in [6.07, 6.45) is 5.31. The second-order valence-electron chi connectivity index (χ2n) is 5.95. The van der Waals surface area contributed by atoms with Gasteiger partial charge in [0.25, 0.3) is 0 Å². The Kier molecular flexibility index (Phi) is 9.58. The van der Waals surface area contributed by atoms with Crippen molar-refractivity contribution in [2.24, 2.45) is 5.92 Å². The van der Waals surface area contributed by atoms with E-state index in [9.17, 15) is 9.59 Å². The first-order valence-corrected chi connectivity index (χ1v) is 8.92. The van der Waals surface area contributed by atoms with E-state index < -0.39 is 11.8 Å². The number of unbranched alkanes of at least 4 members (excludes halogenated alkanes) is 1. The Morgan fingerprint density at radius 1 is 1.04 bits per heavy atom. The van der Waals surface area contributed by atoms with Crippen molar-refractivity contribution in [1.29, 1.82) is 0 Å². The van der Waals surface area contributed by atoms with Crippen LogP contribution >= 0.6 is 0 Å². The number of amides is 2. The van der Waals surface area contributed by atoms with Crippen LogP contribution in [0.1, 0.15) is 52.9 Å². The first kappa shape index (κ1) is 20.0. The Bertz CT molecular complexity index is 500. The fourth-order valence-corrected chi connectivity index (χ4v) is 2.30. The molecule has 1 atom stereocenters. The summed E-state index contributed by atoms with van der Waals surface area (Å²) < 4.78 is 5.48. The van der Waals surface area contributed by atoms with Crippen molar-refractivity contribution in [3.63, 3.8) is 0 Å². The molecule has 0 spiro atoms. The fraction of sp³-hybridized carbons (Fsp3) is 0.579. The smallest absolute Gasteiger partial charge is 0.313 e. The Labute approximate surface area is 145 Å². The first-order chi connectivity index (χ1) is 11.6. The normalized spacial score (nSPS) is 11.6. The van der Waals surface area contributed by atoms with E-state index in [1.54, 1.807) is 24.3 Å². The Balaban J connectivity index is 2.41. The van der Waals surface area contributed by atoms with Crippen molar-refractivity contribution in [2.45, 2.75) is 52.9 Å². The number of rotatable bonds is 10. The number of anilines is 1. The van der Waals surface area contributed by atoms with Crippen LogP contribution in [0.5, 0.6) is 5.75 Å². The van der Waals surface area contributed by atoms with Gasteiger partial charge in [0, 0.05) is 12.2 Å². The molecule has 24 heavy (non-hydrogen) atoms. The molecule has 0 radical (unpaired) electrons. The zero-order valence-corrected chi connectivity index (χ0v) is 15.1. The average molecular weight is 334 g/mol. The summed E-state index contributed by atoms with van der Waals surface area (Å²) in [5, 5.41) is 5.33. The molecule has 2 amide bonds. The minimum Gasteiger partial charge on any atom is -0.494 e. The molecule has 134 valence electrons. The number of carbonyl (C=O) groups excluding carboxylic acids is 2. The van der Waals surface area contributed by atoms with Crippen LogP contribution in [0.15, 0.2) is 24.3 Å². The minimum atomic E-state index is -0.637. The third-order valence-corrected chi connectivity index (χ3v) is 3.89. The highest BCUT2D eigenvalue weighted by molar-refractivity contribution is 6.39. The molecule has 0 aromatic heterocycles. The van der Waals surface area contributed by atoms with E-state index in [1.165, 1.54) is 0 Å². The lowest BCUT2D eigenvalue weighted by Gasteiger charge is -2.15. The molecule has 1 rings (SSSR count). The highest BCUT2D eigenvalue weighted by Gasteiger charge is 2.15. The summed E-state index contributed by atoms with van der Waals surface area (Å²) in [5.74, 6) is -0.0449. The van der Waals surface area contributed by atoms with Crippen molar-refractivity contribution in [3.8, 4) is 5.75 Å². The first-order valence-electron chi connectivity index (χ1n) is 8.92. The predicted molar refractivity (Wildman–Crippen MR) is 97.2 cm³/mol. The molecule has 0 saturated carbocycles. The van der Waals surface area contributed by atoms with Gasteiger partial charge in [0.15, 0.2) is 0 Å². The SMILES string of the molecule is CCCC[C@@H](CC)CNC(=O)C(=O)Nc1ccc(OCCC)cc1. The standard InChI is InChI=1S/C19H30N2O3/c1-4-7-8-15(6-3)14-20-18(22)19(23)21-16-9-11-17(12-10-16)24-13-5-2/h9-12,15H,4-8,13-14H2,1-3H3,(H,20,22)(H,21,23)/t15-/m1/s1. The van der Waals surface area contributed by atoms with Crippen molar-refractivity contribution in [3.05, 3.63) is 24.3 Å².